The highest BCUT2D eigenvalue weighted by Gasteiger charge is 2.13. The fraction of sp³-hybridized carbons (Fsp3) is 0. The first-order valence-electron chi connectivity index (χ1n) is 4.97. The minimum Gasteiger partial charge on any atom is -0.278 e. The maximum absolute atomic E-state index is 6.02. The molecule has 0 saturated carbocycles. The Morgan fingerprint density at radius 2 is 2.00 bits per heavy atom. The summed E-state index contributed by atoms with van der Waals surface area (Å²) in [5.74, 6) is 0.696. The molecule has 7 heteroatoms. The van der Waals surface area contributed by atoms with E-state index < -0.39 is 0 Å². The molecule has 2 aromatic heterocycles. The number of hydrogen-bond acceptors (Lipinski definition) is 3. The van der Waals surface area contributed by atoms with Crippen LogP contribution >= 0.6 is 45.8 Å². The molecule has 0 spiro atoms. The second kappa shape index (κ2) is 4.64. The molecule has 0 radical (unpaired) electrons. The Morgan fingerprint density at radius 3 is 2.83 bits per heavy atom. The van der Waals surface area contributed by atoms with Crippen LogP contribution in [0.1, 0.15) is 0 Å². The van der Waals surface area contributed by atoms with Gasteiger partial charge in [0.25, 0.3) is 0 Å². The lowest BCUT2D eigenvalue weighted by Crippen LogP contribution is -1.92. The fourth-order valence-electron chi connectivity index (χ4n) is 1.65. The molecule has 0 aliphatic carbocycles. The summed E-state index contributed by atoms with van der Waals surface area (Å²) < 4.78 is 2.84. The summed E-state index contributed by atoms with van der Waals surface area (Å²) in [7, 11) is 0. The van der Waals surface area contributed by atoms with Crippen LogP contribution in [-0.4, -0.2) is 19.6 Å². The lowest BCUT2D eigenvalue weighted by Gasteiger charge is -2.03. The third kappa shape index (κ3) is 1.96. The number of fused-ring (bicyclic) bond motifs is 1. The molecule has 0 saturated heterocycles. The molecule has 0 aliphatic rings. The van der Waals surface area contributed by atoms with Crippen molar-refractivity contribution in [3.05, 3.63) is 44.3 Å². The monoisotopic (exact) mass is 390 g/mol. The highest BCUT2D eigenvalue weighted by Crippen LogP contribution is 2.28. The van der Waals surface area contributed by atoms with Gasteiger partial charge >= 0.3 is 0 Å². The summed E-state index contributed by atoms with van der Waals surface area (Å²) >= 11 is 14.2. The molecule has 3 aromatic rings. The Bertz CT molecular complexity index is 741. The molecule has 0 amide bonds. The first-order valence-corrected chi connectivity index (χ1v) is 6.81. The van der Waals surface area contributed by atoms with Gasteiger partial charge in [0.1, 0.15) is 0 Å². The minimum atomic E-state index is 0.327. The van der Waals surface area contributed by atoms with E-state index in [1.165, 1.54) is 0 Å². The Kier molecular flexibility index (Phi) is 3.13. The molecule has 0 unspecified atom stereocenters. The van der Waals surface area contributed by atoms with Crippen LogP contribution in [0.2, 0.25) is 10.2 Å². The van der Waals surface area contributed by atoms with Gasteiger partial charge in [-0.3, -0.25) is 4.40 Å². The lowest BCUT2D eigenvalue weighted by molar-refractivity contribution is 1.11. The molecular weight excluding hydrogens is 386 g/mol. The van der Waals surface area contributed by atoms with Crippen LogP contribution in [0.15, 0.2) is 30.6 Å². The van der Waals surface area contributed by atoms with Gasteiger partial charge in [0.2, 0.25) is 0 Å². The largest absolute Gasteiger partial charge is 0.278 e. The maximum atomic E-state index is 6.02. The van der Waals surface area contributed by atoms with Crippen molar-refractivity contribution >= 4 is 51.4 Å². The van der Waals surface area contributed by atoms with Crippen LogP contribution in [-0.2, 0) is 0 Å². The van der Waals surface area contributed by atoms with Crippen molar-refractivity contribution < 1.29 is 0 Å². The standard InChI is InChI=1S/C11H5Cl2IN4/c12-6-1-2-8(14)7(5-6)10-16-17-11-9(13)15-3-4-18(10)11/h1-5H. The Hall–Kier alpha value is -0.920. The number of benzene rings is 1. The van der Waals surface area contributed by atoms with E-state index in [0.717, 1.165) is 9.13 Å². The number of nitrogens with zero attached hydrogens (tertiary/aromatic N) is 4. The topological polar surface area (TPSA) is 43.1 Å². The van der Waals surface area contributed by atoms with Crippen LogP contribution in [0.25, 0.3) is 17.0 Å². The zero-order chi connectivity index (χ0) is 12.7. The number of rotatable bonds is 1. The predicted molar refractivity (Wildman–Crippen MR) is 79.0 cm³/mol. The van der Waals surface area contributed by atoms with Crippen molar-refractivity contribution in [1.82, 2.24) is 19.6 Å². The number of halogens is 3. The molecule has 4 nitrogen and oxygen atoms in total. The maximum Gasteiger partial charge on any atom is 0.198 e. The second-order valence-corrected chi connectivity index (χ2v) is 5.52. The van der Waals surface area contributed by atoms with E-state index in [4.69, 9.17) is 23.2 Å². The normalized spacial score (nSPS) is 11.1. The molecule has 90 valence electrons. The van der Waals surface area contributed by atoms with Crippen LogP contribution in [0.5, 0.6) is 0 Å². The van der Waals surface area contributed by atoms with Crippen LogP contribution in [0.3, 0.4) is 0 Å². The molecule has 18 heavy (non-hydrogen) atoms. The highest BCUT2D eigenvalue weighted by atomic mass is 127. The molecule has 0 fully saturated rings. The molecule has 1 aromatic carbocycles. The van der Waals surface area contributed by atoms with Crippen molar-refractivity contribution in [3.8, 4) is 11.4 Å². The van der Waals surface area contributed by atoms with E-state index in [2.05, 4.69) is 37.8 Å². The molecular formula is C11H5Cl2IN4. The SMILES string of the molecule is Clc1ccc(I)c(-c2nnc3c(Cl)nccn23)c1. The minimum absolute atomic E-state index is 0.327. The van der Waals surface area contributed by atoms with Gasteiger partial charge in [-0.2, -0.15) is 0 Å². The van der Waals surface area contributed by atoms with E-state index in [9.17, 15) is 0 Å². The van der Waals surface area contributed by atoms with Gasteiger partial charge in [0, 0.05) is 26.5 Å². The van der Waals surface area contributed by atoms with Crippen molar-refractivity contribution in [1.29, 1.82) is 0 Å². The molecule has 3 rings (SSSR count). The summed E-state index contributed by atoms with van der Waals surface area (Å²) in [6, 6.07) is 5.63. The summed E-state index contributed by atoms with van der Waals surface area (Å²) in [6.07, 6.45) is 3.38. The van der Waals surface area contributed by atoms with Crippen LogP contribution in [0.4, 0.5) is 0 Å². The molecule has 0 aliphatic heterocycles. The van der Waals surface area contributed by atoms with Gasteiger partial charge in [-0.05, 0) is 40.8 Å². The van der Waals surface area contributed by atoms with Crippen molar-refractivity contribution in [2.45, 2.75) is 0 Å². The third-order valence-electron chi connectivity index (χ3n) is 2.45. The Balaban J connectivity index is 2.32. The zero-order valence-electron chi connectivity index (χ0n) is 8.81. The van der Waals surface area contributed by atoms with Gasteiger partial charge < -0.3 is 0 Å². The average molecular weight is 391 g/mol. The van der Waals surface area contributed by atoms with Gasteiger partial charge in [0.05, 0.1) is 0 Å². The molecule has 0 bridgehead atoms. The zero-order valence-corrected chi connectivity index (χ0v) is 12.5. The smallest absolute Gasteiger partial charge is 0.198 e. The first kappa shape index (κ1) is 12.1. The highest BCUT2D eigenvalue weighted by molar-refractivity contribution is 14.1. The van der Waals surface area contributed by atoms with Crippen molar-refractivity contribution in [3.63, 3.8) is 0 Å². The van der Waals surface area contributed by atoms with E-state index in [1.54, 1.807) is 16.8 Å². The summed E-state index contributed by atoms with van der Waals surface area (Å²) in [5.41, 5.74) is 1.45. The molecule has 0 N–H and O–H groups in total. The van der Waals surface area contributed by atoms with Gasteiger partial charge in [-0.25, -0.2) is 4.98 Å². The second-order valence-electron chi connectivity index (χ2n) is 3.56. The van der Waals surface area contributed by atoms with E-state index >= 15 is 0 Å². The summed E-state index contributed by atoms with van der Waals surface area (Å²) in [6.45, 7) is 0. The average Bonchev–Trinajstić information content (AvgIpc) is 2.77. The van der Waals surface area contributed by atoms with Crippen molar-refractivity contribution in [2.75, 3.05) is 0 Å². The van der Waals surface area contributed by atoms with Gasteiger partial charge in [-0.1, -0.05) is 23.2 Å². The summed E-state index contributed by atoms with van der Waals surface area (Å²) in [4.78, 5) is 3.97. The quantitative estimate of drug-likeness (QED) is 0.595. The Labute approximate surface area is 126 Å². The fourth-order valence-corrected chi connectivity index (χ4v) is 2.58. The van der Waals surface area contributed by atoms with Crippen LogP contribution < -0.4 is 0 Å². The van der Waals surface area contributed by atoms with E-state index in [1.807, 2.05) is 18.2 Å². The molecule has 0 atom stereocenters. The van der Waals surface area contributed by atoms with Gasteiger partial charge in [0.15, 0.2) is 16.6 Å². The molecule has 2 heterocycles. The number of hydrogen-bond donors (Lipinski definition) is 0. The third-order valence-corrected chi connectivity index (χ3v) is 3.90. The summed E-state index contributed by atoms with van der Waals surface area (Å²) in [5, 5.41) is 9.17. The number of aromatic nitrogens is 4. The first-order chi connectivity index (χ1) is 8.66. The van der Waals surface area contributed by atoms with E-state index in [0.29, 0.717) is 21.6 Å². The Morgan fingerprint density at radius 1 is 1.17 bits per heavy atom. The van der Waals surface area contributed by atoms with Crippen LogP contribution in [0, 0.1) is 3.57 Å². The predicted octanol–water partition coefficient (Wildman–Crippen LogP) is 3.70. The van der Waals surface area contributed by atoms with E-state index in [-0.39, 0.29) is 0 Å². The lowest BCUT2D eigenvalue weighted by atomic mass is 10.2. The van der Waals surface area contributed by atoms with Crippen molar-refractivity contribution in [2.24, 2.45) is 0 Å². The van der Waals surface area contributed by atoms with Gasteiger partial charge in [-0.15, -0.1) is 10.2 Å².